The highest BCUT2D eigenvalue weighted by atomic mass is 35.5. The Morgan fingerprint density at radius 3 is 1.84 bits per heavy atom. The van der Waals surface area contributed by atoms with Crippen molar-refractivity contribution < 1.29 is 51.9 Å². The minimum atomic E-state index is -4.78. The first kappa shape index (κ1) is 44.4. The zero-order valence-electron chi connectivity index (χ0n) is 31.8. The summed E-state index contributed by atoms with van der Waals surface area (Å²) in [5, 5.41) is 27.2. The molecule has 0 aliphatic carbocycles. The van der Waals surface area contributed by atoms with Gasteiger partial charge in [-0.3, -0.25) is 13.2 Å². The van der Waals surface area contributed by atoms with Crippen LogP contribution >= 0.6 is 11.6 Å². The summed E-state index contributed by atoms with van der Waals surface area (Å²) in [6.07, 6.45) is 1.94. The molecule has 0 radical (unpaired) electrons. The highest BCUT2D eigenvalue weighted by molar-refractivity contribution is 7.91. The van der Waals surface area contributed by atoms with E-state index in [-0.39, 0.29) is 54.7 Å². The number of hydrogen-bond acceptors (Lipinski definition) is 19. The van der Waals surface area contributed by atoms with Crippen molar-refractivity contribution in [2.45, 2.75) is 19.6 Å². The van der Waals surface area contributed by atoms with Gasteiger partial charge in [-0.25, -0.2) is 16.8 Å². The number of aromatic nitrogens is 3. The molecular formula is C36H31ClN8O12S4. The highest BCUT2D eigenvalue weighted by Crippen LogP contribution is 2.46. The molecule has 0 aliphatic heterocycles. The van der Waals surface area contributed by atoms with E-state index in [0.29, 0.717) is 5.69 Å². The molecule has 25 heteroatoms. The lowest BCUT2D eigenvalue weighted by Gasteiger charge is -2.16. The third-order valence-electron chi connectivity index (χ3n) is 8.43. The maximum atomic E-state index is 13.3. The van der Waals surface area contributed by atoms with E-state index >= 15 is 0 Å². The number of anilines is 5. The van der Waals surface area contributed by atoms with Gasteiger partial charge >= 0.3 is 0 Å². The lowest BCUT2D eigenvalue weighted by Crippen LogP contribution is -2.13. The highest BCUT2D eigenvalue weighted by Gasteiger charge is 2.28. The van der Waals surface area contributed by atoms with Gasteiger partial charge < -0.3 is 21.1 Å². The van der Waals surface area contributed by atoms with Crippen LogP contribution < -0.4 is 16.0 Å². The first-order valence-electron chi connectivity index (χ1n) is 16.9. The standard InChI is InChI=1S/C36H31ClN8O12S4/c1-56-60(52,53)28-15-12-23(39-36-42-34(37)41-35(43-36)38-22-10-13-24(14-11-22)58(3,48)49)18-26(28)44-45-31-29(61(54,55)57-2)17-21-16-25(59(4,50)51)19-27(30(21)32(31)46)40-33(47)20-8-6-5-7-9-20/h5-19,46H,1-4H3,(H,40,47)(H2,38,39,41,42,43)/b45-44+. The topological polar surface area (TPSA) is 292 Å². The fourth-order valence-electron chi connectivity index (χ4n) is 5.52. The van der Waals surface area contributed by atoms with Gasteiger partial charge in [0.25, 0.3) is 26.1 Å². The molecule has 6 rings (SSSR count). The van der Waals surface area contributed by atoms with Gasteiger partial charge in [-0.05, 0) is 89.8 Å². The lowest BCUT2D eigenvalue weighted by molar-refractivity contribution is 0.102. The number of aromatic hydroxyl groups is 1. The van der Waals surface area contributed by atoms with Gasteiger partial charge in [0, 0.05) is 34.8 Å². The van der Waals surface area contributed by atoms with Crippen LogP contribution in [0.1, 0.15) is 10.4 Å². The molecule has 6 aromatic rings. The van der Waals surface area contributed by atoms with E-state index in [1.54, 1.807) is 18.2 Å². The number of phenols is 1. The Hall–Kier alpha value is -6.15. The van der Waals surface area contributed by atoms with Crippen molar-refractivity contribution in [3.8, 4) is 5.75 Å². The molecule has 318 valence electrons. The molecule has 0 saturated carbocycles. The normalized spacial score (nSPS) is 12.4. The third-order valence-corrected chi connectivity index (χ3v) is 13.4. The van der Waals surface area contributed by atoms with Crippen molar-refractivity contribution in [2.75, 3.05) is 42.7 Å². The van der Waals surface area contributed by atoms with E-state index < -0.39 is 72.7 Å². The van der Waals surface area contributed by atoms with Gasteiger partial charge in [-0.15, -0.1) is 10.2 Å². The predicted octanol–water partition coefficient (Wildman–Crippen LogP) is 6.02. The molecule has 4 N–H and O–H groups in total. The molecule has 0 bridgehead atoms. The zero-order valence-corrected chi connectivity index (χ0v) is 35.9. The van der Waals surface area contributed by atoms with Crippen LogP contribution in [-0.2, 0) is 48.3 Å². The zero-order chi connectivity index (χ0) is 44.5. The first-order chi connectivity index (χ1) is 28.6. The first-order valence-corrected chi connectivity index (χ1v) is 23.9. The van der Waals surface area contributed by atoms with Crippen LogP contribution in [0, 0.1) is 0 Å². The fraction of sp³-hybridized carbons (Fsp3) is 0.111. The van der Waals surface area contributed by atoms with E-state index in [1.807, 2.05) is 0 Å². The maximum absolute atomic E-state index is 13.3. The van der Waals surface area contributed by atoms with Crippen LogP contribution in [-0.4, -0.2) is 86.4 Å². The molecule has 5 aromatic carbocycles. The molecule has 0 spiro atoms. The SMILES string of the molecule is COS(=O)(=O)c1ccc(Nc2nc(Cl)nc(Nc3ccc(S(C)(=O)=O)cc3)n2)cc1/N=N/c1c(S(=O)(=O)OC)cc2cc(S(C)(=O)=O)cc(NC(=O)c3ccccc3)c2c1O. The van der Waals surface area contributed by atoms with Gasteiger partial charge in [0.1, 0.15) is 21.2 Å². The second kappa shape index (κ2) is 17.1. The Morgan fingerprint density at radius 1 is 0.672 bits per heavy atom. The number of halogens is 1. The average molecular weight is 931 g/mol. The minimum Gasteiger partial charge on any atom is -0.505 e. The smallest absolute Gasteiger partial charge is 0.299 e. The van der Waals surface area contributed by atoms with Crippen LogP contribution in [0.2, 0.25) is 5.28 Å². The predicted molar refractivity (Wildman–Crippen MR) is 223 cm³/mol. The molecule has 0 aliphatic rings. The summed E-state index contributed by atoms with van der Waals surface area (Å²) < 4.78 is 111. The van der Waals surface area contributed by atoms with Crippen molar-refractivity contribution in [3.63, 3.8) is 0 Å². The Labute approximate surface area is 353 Å². The number of phenolic OH excluding ortho intramolecular Hbond substituents is 1. The summed E-state index contributed by atoms with van der Waals surface area (Å²) in [7, 11) is -15.1. The summed E-state index contributed by atoms with van der Waals surface area (Å²) >= 11 is 6.15. The van der Waals surface area contributed by atoms with E-state index in [4.69, 9.17) is 20.0 Å². The number of fused-ring (bicyclic) bond motifs is 1. The van der Waals surface area contributed by atoms with Crippen LogP contribution in [0.3, 0.4) is 0 Å². The Balaban J connectivity index is 1.46. The van der Waals surface area contributed by atoms with E-state index in [2.05, 4.69) is 41.1 Å². The molecule has 1 amide bonds. The molecule has 0 fully saturated rings. The Bertz CT molecular complexity index is 3210. The molecule has 61 heavy (non-hydrogen) atoms. The monoisotopic (exact) mass is 930 g/mol. The van der Waals surface area contributed by atoms with E-state index in [1.165, 1.54) is 42.5 Å². The summed E-state index contributed by atoms with van der Waals surface area (Å²) in [6.45, 7) is 0. The van der Waals surface area contributed by atoms with Crippen molar-refractivity contribution in [3.05, 3.63) is 102 Å². The second-order valence-corrected chi connectivity index (χ2v) is 20.4. The quantitative estimate of drug-likeness (QED) is 0.0717. The number of rotatable bonds is 14. The molecule has 1 heterocycles. The number of azo groups is 1. The number of hydrogen-bond donors (Lipinski definition) is 4. The number of carbonyl (C=O) groups excluding carboxylic acids is 1. The molecule has 0 saturated heterocycles. The van der Waals surface area contributed by atoms with Gasteiger partial charge in [0.05, 0.1) is 29.7 Å². The van der Waals surface area contributed by atoms with Crippen LogP contribution in [0.5, 0.6) is 5.75 Å². The second-order valence-electron chi connectivity index (χ2n) is 12.7. The lowest BCUT2D eigenvalue weighted by atomic mass is 10.1. The van der Waals surface area contributed by atoms with Crippen LogP contribution in [0.25, 0.3) is 10.8 Å². The number of nitrogens with one attached hydrogen (secondary N) is 3. The number of amides is 1. The Kier molecular flexibility index (Phi) is 12.4. The molecular weight excluding hydrogens is 900 g/mol. The van der Waals surface area contributed by atoms with Crippen molar-refractivity contribution >= 4 is 109 Å². The van der Waals surface area contributed by atoms with Crippen molar-refractivity contribution in [1.29, 1.82) is 0 Å². The maximum Gasteiger partial charge on any atom is 0.299 e. The summed E-state index contributed by atoms with van der Waals surface area (Å²) in [5.41, 5.74) is -0.896. The van der Waals surface area contributed by atoms with Gasteiger partial charge in [-0.2, -0.15) is 31.8 Å². The molecule has 0 unspecified atom stereocenters. The van der Waals surface area contributed by atoms with Gasteiger partial charge in [-0.1, -0.05) is 18.2 Å². The number of sulfone groups is 2. The molecule has 0 atom stereocenters. The van der Waals surface area contributed by atoms with Gasteiger partial charge in [0.15, 0.2) is 25.4 Å². The van der Waals surface area contributed by atoms with E-state index in [9.17, 15) is 43.6 Å². The average Bonchev–Trinajstić information content (AvgIpc) is 3.19. The van der Waals surface area contributed by atoms with Gasteiger partial charge in [0.2, 0.25) is 17.2 Å². The van der Waals surface area contributed by atoms with Crippen LogP contribution in [0.4, 0.5) is 40.3 Å². The Morgan fingerprint density at radius 2 is 1.25 bits per heavy atom. The summed E-state index contributed by atoms with van der Waals surface area (Å²) in [6, 6.07) is 20.0. The fourth-order valence-corrected chi connectivity index (χ4v) is 8.58. The summed E-state index contributed by atoms with van der Waals surface area (Å²) in [4.78, 5) is 23.9. The number of benzene rings is 5. The minimum absolute atomic E-state index is 0.0707. The molecule has 1 aromatic heterocycles. The van der Waals surface area contributed by atoms with Crippen molar-refractivity contribution in [2.24, 2.45) is 10.2 Å². The molecule has 20 nitrogen and oxygen atoms in total. The number of carbonyl (C=O) groups is 1. The van der Waals surface area contributed by atoms with Crippen molar-refractivity contribution in [1.82, 2.24) is 15.0 Å². The number of nitrogens with zero attached hydrogens (tertiary/aromatic N) is 5. The third kappa shape index (κ3) is 10.1. The van der Waals surface area contributed by atoms with Crippen LogP contribution in [0.15, 0.2) is 121 Å². The largest absolute Gasteiger partial charge is 0.505 e. The van der Waals surface area contributed by atoms with E-state index in [0.717, 1.165) is 57.1 Å². The summed E-state index contributed by atoms with van der Waals surface area (Å²) in [5.74, 6) is -1.88.